The third-order valence-electron chi connectivity index (χ3n) is 4.70. The van der Waals surface area contributed by atoms with Crippen molar-refractivity contribution in [1.29, 1.82) is 0 Å². The van der Waals surface area contributed by atoms with Gasteiger partial charge in [0.05, 0.1) is 0 Å². The summed E-state index contributed by atoms with van der Waals surface area (Å²) < 4.78 is 0. The average molecular weight is 283 g/mol. The maximum absolute atomic E-state index is 3.77. The molecule has 0 spiro atoms. The van der Waals surface area contributed by atoms with Crippen LogP contribution in [0, 0.1) is 17.3 Å². The van der Waals surface area contributed by atoms with Crippen LogP contribution in [0.4, 0.5) is 0 Å². The van der Waals surface area contributed by atoms with E-state index in [9.17, 15) is 0 Å². The first kappa shape index (κ1) is 18.0. The van der Waals surface area contributed by atoms with Crippen molar-refractivity contribution in [2.24, 2.45) is 17.3 Å². The second-order valence-electron chi connectivity index (χ2n) is 9.27. The Morgan fingerprint density at radius 2 is 1.55 bits per heavy atom. The lowest BCUT2D eigenvalue weighted by Gasteiger charge is -2.53. The van der Waals surface area contributed by atoms with E-state index < -0.39 is 0 Å². The second kappa shape index (κ2) is 6.36. The molecule has 0 radical (unpaired) electrons. The van der Waals surface area contributed by atoms with Crippen molar-refractivity contribution < 1.29 is 0 Å². The molecule has 0 saturated carbocycles. The number of nitrogens with zero attached hydrogens (tertiary/aromatic N) is 1. The molecule has 120 valence electrons. The highest BCUT2D eigenvalue weighted by Gasteiger charge is 2.40. The highest BCUT2D eigenvalue weighted by Crippen LogP contribution is 2.35. The number of hydrogen-bond acceptors (Lipinski definition) is 2. The Bertz CT molecular complexity index is 299. The summed E-state index contributed by atoms with van der Waals surface area (Å²) in [6.45, 7) is 23.7. The lowest BCUT2D eigenvalue weighted by atomic mass is 9.78. The Labute approximate surface area is 127 Å². The van der Waals surface area contributed by atoms with Crippen LogP contribution in [0.5, 0.6) is 0 Å². The Balaban J connectivity index is 2.93. The van der Waals surface area contributed by atoms with Gasteiger partial charge in [-0.15, -0.1) is 0 Å². The van der Waals surface area contributed by atoms with E-state index in [2.05, 4.69) is 72.5 Å². The smallest absolute Gasteiger partial charge is 0.0249 e. The van der Waals surface area contributed by atoms with E-state index in [1.807, 2.05) is 0 Å². The maximum atomic E-state index is 3.77. The molecule has 1 rings (SSSR count). The van der Waals surface area contributed by atoms with Crippen LogP contribution in [-0.2, 0) is 0 Å². The third-order valence-corrected chi connectivity index (χ3v) is 4.70. The molecule has 2 atom stereocenters. The molecule has 0 aromatic heterocycles. The van der Waals surface area contributed by atoms with Gasteiger partial charge < -0.3 is 5.32 Å². The lowest BCUT2D eigenvalue weighted by Crippen LogP contribution is -2.65. The van der Waals surface area contributed by atoms with Gasteiger partial charge in [0.25, 0.3) is 0 Å². The summed E-state index contributed by atoms with van der Waals surface area (Å²) in [7, 11) is 0. The number of piperazine rings is 1. The molecule has 0 aromatic carbocycles. The monoisotopic (exact) mass is 282 g/mol. The quantitative estimate of drug-likeness (QED) is 0.833. The molecule has 2 nitrogen and oxygen atoms in total. The predicted molar refractivity (Wildman–Crippen MR) is 90.1 cm³/mol. The zero-order chi connectivity index (χ0) is 15.7. The molecular weight excluding hydrogens is 244 g/mol. The Morgan fingerprint density at radius 1 is 1.00 bits per heavy atom. The summed E-state index contributed by atoms with van der Waals surface area (Å²) in [4.78, 5) is 2.80. The van der Waals surface area contributed by atoms with E-state index >= 15 is 0 Å². The molecule has 0 aromatic rings. The minimum absolute atomic E-state index is 0.266. The predicted octanol–water partition coefficient (Wildman–Crippen LogP) is 4.16. The SMILES string of the molecule is CC(C)C1CN(C(C)(C)CC(C)(C)C)C(C(C)C)CN1. The van der Waals surface area contributed by atoms with Gasteiger partial charge in [0.1, 0.15) is 0 Å². The van der Waals surface area contributed by atoms with Crippen LogP contribution in [0.2, 0.25) is 0 Å². The molecule has 1 N–H and O–H groups in total. The molecule has 1 aliphatic rings. The first-order valence-corrected chi connectivity index (χ1v) is 8.44. The molecular formula is C18H38N2. The van der Waals surface area contributed by atoms with Crippen molar-refractivity contribution in [2.75, 3.05) is 13.1 Å². The zero-order valence-corrected chi connectivity index (χ0v) is 15.4. The standard InChI is InChI=1S/C18H38N2/c1-13(2)15-11-20(16(10-19-15)14(3)4)18(8,9)12-17(5,6)7/h13-16,19H,10-12H2,1-9H3. The van der Waals surface area contributed by atoms with E-state index in [0.717, 1.165) is 6.54 Å². The molecule has 1 heterocycles. The fourth-order valence-electron chi connectivity index (χ4n) is 3.93. The van der Waals surface area contributed by atoms with Crippen molar-refractivity contribution in [3.8, 4) is 0 Å². The van der Waals surface area contributed by atoms with Crippen molar-refractivity contribution in [3.05, 3.63) is 0 Å². The van der Waals surface area contributed by atoms with Gasteiger partial charge >= 0.3 is 0 Å². The normalized spacial score (nSPS) is 26.6. The summed E-state index contributed by atoms with van der Waals surface area (Å²) in [5.41, 5.74) is 0.645. The minimum Gasteiger partial charge on any atom is -0.311 e. The Hall–Kier alpha value is -0.0800. The van der Waals surface area contributed by atoms with E-state index in [1.165, 1.54) is 13.0 Å². The van der Waals surface area contributed by atoms with Gasteiger partial charge in [0, 0.05) is 30.7 Å². The van der Waals surface area contributed by atoms with Crippen LogP contribution in [0.15, 0.2) is 0 Å². The molecule has 2 unspecified atom stereocenters. The van der Waals surface area contributed by atoms with Gasteiger partial charge in [0.2, 0.25) is 0 Å². The van der Waals surface area contributed by atoms with Crippen LogP contribution in [0.3, 0.4) is 0 Å². The molecule has 0 amide bonds. The Kier molecular flexibility index (Phi) is 5.71. The van der Waals surface area contributed by atoms with Gasteiger partial charge in [-0.1, -0.05) is 48.5 Å². The number of hydrogen-bond donors (Lipinski definition) is 1. The van der Waals surface area contributed by atoms with Gasteiger partial charge in [-0.05, 0) is 37.5 Å². The van der Waals surface area contributed by atoms with Crippen molar-refractivity contribution >= 4 is 0 Å². The van der Waals surface area contributed by atoms with Crippen LogP contribution in [0.25, 0.3) is 0 Å². The number of rotatable bonds is 4. The van der Waals surface area contributed by atoms with E-state index in [1.54, 1.807) is 0 Å². The molecule has 2 heteroatoms. The molecule has 1 aliphatic heterocycles. The largest absolute Gasteiger partial charge is 0.311 e. The highest BCUT2D eigenvalue weighted by atomic mass is 15.3. The molecule has 1 fully saturated rings. The third kappa shape index (κ3) is 4.73. The summed E-state index contributed by atoms with van der Waals surface area (Å²) in [6, 6.07) is 1.28. The fraction of sp³-hybridized carbons (Fsp3) is 1.00. The molecule has 1 saturated heterocycles. The van der Waals surface area contributed by atoms with Crippen molar-refractivity contribution in [1.82, 2.24) is 10.2 Å². The molecule has 0 aliphatic carbocycles. The number of nitrogens with one attached hydrogen (secondary N) is 1. The van der Waals surface area contributed by atoms with Crippen molar-refractivity contribution in [2.45, 2.75) is 86.4 Å². The van der Waals surface area contributed by atoms with Crippen LogP contribution < -0.4 is 5.32 Å². The van der Waals surface area contributed by atoms with Gasteiger partial charge in [-0.25, -0.2) is 0 Å². The molecule has 20 heavy (non-hydrogen) atoms. The minimum atomic E-state index is 0.266. The lowest BCUT2D eigenvalue weighted by molar-refractivity contribution is -0.0165. The van der Waals surface area contributed by atoms with E-state index in [4.69, 9.17) is 0 Å². The zero-order valence-electron chi connectivity index (χ0n) is 15.4. The fourth-order valence-corrected chi connectivity index (χ4v) is 3.93. The second-order valence-corrected chi connectivity index (χ2v) is 9.27. The summed E-state index contributed by atoms with van der Waals surface area (Å²) in [5.74, 6) is 1.41. The summed E-state index contributed by atoms with van der Waals surface area (Å²) in [6.07, 6.45) is 1.24. The topological polar surface area (TPSA) is 15.3 Å². The maximum Gasteiger partial charge on any atom is 0.0249 e. The molecule has 0 bridgehead atoms. The summed E-state index contributed by atoms with van der Waals surface area (Å²) in [5, 5.41) is 3.77. The van der Waals surface area contributed by atoms with Gasteiger partial charge in [-0.3, -0.25) is 4.90 Å². The van der Waals surface area contributed by atoms with Crippen molar-refractivity contribution in [3.63, 3.8) is 0 Å². The van der Waals surface area contributed by atoms with Crippen LogP contribution >= 0.6 is 0 Å². The van der Waals surface area contributed by atoms with E-state index in [-0.39, 0.29) is 5.54 Å². The first-order valence-electron chi connectivity index (χ1n) is 8.44. The highest BCUT2D eigenvalue weighted by molar-refractivity contribution is 4.97. The van der Waals surface area contributed by atoms with Crippen LogP contribution in [-0.4, -0.2) is 35.6 Å². The Morgan fingerprint density at radius 3 is 1.95 bits per heavy atom. The van der Waals surface area contributed by atoms with Gasteiger partial charge in [-0.2, -0.15) is 0 Å². The average Bonchev–Trinajstić information content (AvgIpc) is 2.24. The van der Waals surface area contributed by atoms with E-state index in [0.29, 0.717) is 29.3 Å². The van der Waals surface area contributed by atoms with Crippen LogP contribution in [0.1, 0.15) is 68.7 Å². The van der Waals surface area contributed by atoms with Gasteiger partial charge in [0.15, 0.2) is 0 Å². The summed E-state index contributed by atoms with van der Waals surface area (Å²) >= 11 is 0. The first-order chi connectivity index (χ1) is 8.94.